The Morgan fingerprint density at radius 3 is 2.53 bits per heavy atom. The average Bonchev–Trinajstić information content (AvgIpc) is 2.74. The summed E-state index contributed by atoms with van der Waals surface area (Å²) < 4.78 is 5.78. The van der Waals surface area contributed by atoms with Crippen molar-refractivity contribution in [2.24, 2.45) is 0 Å². The third-order valence-corrected chi connectivity index (χ3v) is 3.42. The first-order valence-corrected chi connectivity index (χ1v) is 5.97. The van der Waals surface area contributed by atoms with Crippen molar-refractivity contribution in [1.29, 1.82) is 0 Å². The van der Waals surface area contributed by atoms with E-state index >= 15 is 0 Å². The summed E-state index contributed by atoms with van der Waals surface area (Å²) in [5, 5.41) is 3.52. The Bertz CT molecular complexity index is 233. The highest BCUT2D eigenvalue weighted by Gasteiger charge is 2.40. The number of hydrogen-bond donors (Lipinski definition) is 1. The number of likely N-dealkylation sites (N-methyl/N-ethyl adjacent to an activating group) is 1. The van der Waals surface area contributed by atoms with Crippen molar-refractivity contribution >= 4 is 0 Å². The van der Waals surface area contributed by atoms with Gasteiger partial charge in [0.1, 0.15) is 0 Å². The maximum atomic E-state index is 5.78. The predicted octanol–water partition coefficient (Wildman–Crippen LogP) is 2.34. The van der Waals surface area contributed by atoms with Crippen LogP contribution in [0.25, 0.3) is 0 Å². The summed E-state index contributed by atoms with van der Waals surface area (Å²) in [6, 6.07) is 0.391. The first kappa shape index (κ1) is 12.5. The summed E-state index contributed by atoms with van der Waals surface area (Å²) in [7, 11) is 1.84. The van der Waals surface area contributed by atoms with Gasteiger partial charge in [-0.3, -0.25) is 0 Å². The lowest BCUT2D eigenvalue weighted by molar-refractivity contribution is -0.0339. The molecule has 1 saturated carbocycles. The lowest BCUT2D eigenvalue weighted by Crippen LogP contribution is -2.50. The number of methoxy groups -OCH3 is 1. The lowest BCUT2D eigenvalue weighted by atomic mass is 9.89. The van der Waals surface area contributed by atoms with Gasteiger partial charge in [0.2, 0.25) is 0 Å². The molecule has 2 heteroatoms. The van der Waals surface area contributed by atoms with E-state index < -0.39 is 0 Å². The molecule has 1 N–H and O–H groups in total. The molecule has 0 amide bonds. The molecule has 1 rings (SSSR count). The first-order valence-electron chi connectivity index (χ1n) is 5.97. The largest absolute Gasteiger partial charge is 0.377 e. The van der Waals surface area contributed by atoms with Crippen LogP contribution in [0.3, 0.4) is 0 Å². The number of nitrogens with one attached hydrogen (secondary N) is 1. The molecule has 15 heavy (non-hydrogen) atoms. The second-order valence-corrected chi connectivity index (χ2v) is 4.22. The van der Waals surface area contributed by atoms with Crippen LogP contribution in [0.5, 0.6) is 0 Å². The van der Waals surface area contributed by atoms with Gasteiger partial charge in [0, 0.05) is 19.6 Å². The van der Waals surface area contributed by atoms with Crippen LogP contribution >= 0.6 is 0 Å². The van der Waals surface area contributed by atoms with Crippen molar-refractivity contribution in [3.05, 3.63) is 0 Å². The van der Waals surface area contributed by atoms with Crippen LogP contribution in [0.2, 0.25) is 0 Å². The normalized spacial score (nSPS) is 20.7. The Labute approximate surface area is 93.8 Å². The van der Waals surface area contributed by atoms with Gasteiger partial charge in [-0.05, 0) is 26.3 Å². The van der Waals surface area contributed by atoms with E-state index in [1.165, 1.54) is 25.7 Å². The van der Waals surface area contributed by atoms with E-state index in [1.54, 1.807) is 0 Å². The minimum atomic E-state index is 0.0415. The Hall–Kier alpha value is -0.520. The molecule has 0 aliphatic heterocycles. The molecule has 86 valence electrons. The third-order valence-electron chi connectivity index (χ3n) is 3.42. The number of rotatable bonds is 5. The highest BCUT2D eigenvalue weighted by molar-refractivity contribution is 5.05. The van der Waals surface area contributed by atoms with Crippen molar-refractivity contribution in [3.8, 4) is 11.8 Å². The monoisotopic (exact) mass is 209 g/mol. The fourth-order valence-corrected chi connectivity index (χ4v) is 2.56. The van der Waals surface area contributed by atoms with Crippen LogP contribution in [0, 0.1) is 11.8 Å². The van der Waals surface area contributed by atoms with E-state index in [-0.39, 0.29) is 5.60 Å². The molecule has 0 aromatic heterocycles. The summed E-state index contributed by atoms with van der Waals surface area (Å²) in [6.45, 7) is 5.03. The van der Waals surface area contributed by atoms with Crippen LogP contribution in [0.4, 0.5) is 0 Å². The van der Waals surface area contributed by atoms with E-state index in [1.807, 2.05) is 14.0 Å². The third kappa shape index (κ3) is 2.96. The molecular formula is C13H23NO. The van der Waals surface area contributed by atoms with Crippen molar-refractivity contribution in [2.75, 3.05) is 13.7 Å². The van der Waals surface area contributed by atoms with Gasteiger partial charge in [-0.15, -0.1) is 11.8 Å². The van der Waals surface area contributed by atoms with Crippen LogP contribution < -0.4 is 5.32 Å². The van der Waals surface area contributed by atoms with Gasteiger partial charge in [-0.2, -0.15) is 0 Å². The molecular weight excluding hydrogens is 186 g/mol. The van der Waals surface area contributed by atoms with Crippen molar-refractivity contribution in [3.63, 3.8) is 0 Å². The molecule has 0 heterocycles. The Balaban J connectivity index is 2.68. The SMILES string of the molecule is CC#CCC(NCC)C1(OC)CCCC1. The predicted molar refractivity (Wildman–Crippen MR) is 63.7 cm³/mol. The summed E-state index contributed by atoms with van der Waals surface area (Å²) in [5.41, 5.74) is 0.0415. The summed E-state index contributed by atoms with van der Waals surface area (Å²) in [5.74, 6) is 6.15. The summed E-state index contributed by atoms with van der Waals surface area (Å²) in [4.78, 5) is 0. The maximum Gasteiger partial charge on any atom is 0.0840 e. The standard InChI is InChI=1S/C13H23NO/c1-4-6-9-12(14-5-2)13(15-3)10-7-8-11-13/h12,14H,5,7-11H2,1-3H3. The minimum Gasteiger partial charge on any atom is -0.377 e. The zero-order valence-corrected chi connectivity index (χ0v) is 10.2. The van der Waals surface area contributed by atoms with Gasteiger partial charge >= 0.3 is 0 Å². The molecule has 0 radical (unpaired) electrons. The highest BCUT2D eigenvalue weighted by atomic mass is 16.5. The van der Waals surface area contributed by atoms with Gasteiger partial charge in [0.05, 0.1) is 5.60 Å². The summed E-state index contributed by atoms with van der Waals surface area (Å²) in [6.07, 6.45) is 5.82. The topological polar surface area (TPSA) is 21.3 Å². The average molecular weight is 209 g/mol. The number of ether oxygens (including phenoxy) is 1. The fourth-order valence-electron chi connectivity index (χ4n) is 2.56. The molecule has 2 nitrogen and oxygen atoms in total. The summed E-state index contributed by atoms with van der Waals surface area (Å²) >= 11 is 0. The maximum absolute atomic E-state index is 5.78. The minimum absolute atomic E-state index is 0.0415. The molecule has 1 atom stereocenters. The van der Waals surface area contributed by atoms with Gasteiger partial charge in [-0.25, -0.2) is 0 Å². The number of hydrogen-bond acceptors (Lipinski definition) is 2. The first-order chi connectivity index (χ1) is 7.29. The van der Waals surface area contributed by atoms with Gasteiger partial charge < -0.3 is 10.1 Å². The van der Waals surface area contributed by atoms with Gasteiger partial charge in [0.25, 0.3) is 0 Å². The fraction of sp³-hybridized carbons (Fsp3) is 0.846. The lowest BCUT2D eigenvalue weighted by Gasteiger charge is -2.36. The molecule has 0 saturated heterocycles. The Morgan fingerprint density at radius 1 is 1.40 bits per heavy atom. The van der Waals surface area contributed by atoms with Crippen LogP contribution in [-0.4, -0.2) is 25.3 Å². The van der Waals surface area contributed by atoms with E-state index in [0.717, 1.165) is 13.0 Å². The molecule has 1 fully saturated rings. The molecule has 1 aliphatic rings. The van der Waals surface area contributed by atoms with Gasteiger partial charge in [0.15, 0.2) is 0 Å². The smallest absolute Gasteiger partial charge is 0.0840 e. The highest BCUT2D eigenvalue weighted by Crippen LogP contribution is 2.36. The van der Waals surface area contributed by atoms with Crippen molar-refractivity contribution in [2.45, 2.75) is 57.6 Å². The molecule has 1 aliphatic carbocycles. The molecule has 0 bridgehead atoms. The van der Waals surface area contributed by atoms with E-state index in [4.69, 9.17) is 4.74 Å². The zero-order valence-electron chi connectivity index (χ0n) is 10.2. The molecule has 0 aromatic rings. The second kappa shape index (κ2) is 6.15. The van der Waals surface area contributed by atoms with E-state index in [9.17, 15) is 0 Å². The van der Waals surface area contributed by atoms with E-state index in [2.05, 4.69) is 24.1 Å². The molecule has 0 aromatic carbocycles. The van der Waals surface area contributed by atoms with Crippen LogP contribution in [0.1, 0.15) is 46.0 Å². The Kier molecular flexibility index (Phi) is 5.14. The molecule has 1 unspecified atom stereocenters. The van der Waals surface area contributed by atoms with Crippen LogP contribution in [0.15, 0.2) is 0 Å². The van der Waals surface area contributed by atoms with Gasteiger partial charge in [-0.1, -0.05) is 19.8 Å². The molecule has 0 spiro atoms. The van der Waals surface area contributed by atoms with E-state index in [0.29, 0.717) is 6.04 Å². The Morgan fingerprint density at radius 2 is 2.07 bits per heavy atom. The second-order valence-electron chi connectivity index (χ2n) is 4.22. The van der Waals surface area contributed by atoms with Crippen molar-refractivity contribution < 1.29 is 4.74 Å². The quantitative estimate of drug-likeness (QED) is 0.702. The van der Waals surface area contributed by atoms with Crippen LogP contribution in [-0.2, 0) is 4.74 Å². The zero-order chi connectivity index (χ0) is 11.1. The van der Waals surface area contributed by atoms with Crippen molar-refractivity contribution in [1.82, 2.24) is 5.32 Å².